The fourth-order valence-corrected chi connectivity index (χ4v) is 2.99. The molecule has 128 valence electrons. The van der Waals surface area contributed by atoms with E-state index >= 15 is 0 Å². The molecule has 7 nitrogen and oxygen atoms in total. The van der Waals surface area contributed by atoms with Gasteiger partial charge in [0.2, 0.25) is 5.91 Å². The number of hydrogen-bond acceptors (Lipinski definition) is 5. The maximum absolute atomic E-state index is 12.4. The van der Waals surface area contributed by atoms with Gasteiger partial charge < -0.3 is 15.5 Å². The van der Waals surface area contributed by atoms with Crippen molar-refractivity contribution in [3.8, 4) is 11.5 Å². The van der Waals surface area contributed by atoms with Crippen molar-refractivity contribution in [2.75, 3.05) is 5.73 Å². The van der Waals surface area contributed by atoms with Crippen molar-refractivity contribution in [1.29, 1.82) is 0 Å². The first-order valence-corrected chi connectivity index (χ1v) is 8.22. The number of carbonyl (C=O) groups is 1. The average molecular weight is 330 g/mol. The monoisotopic (exact) mass is 330 g/mol. The van der Waals surface area contributed by atoms with Crippen molar-refractivity contribution >= 4 is 11.6 Å². The van der Waals surface area contributed by atoms with Gasteiger partial charge in [-0.3, -0.25) is 9.59 Å². The van der Waals surface area contributed by atoms with Gasteiger partial charge in [0.15, 0.2) is 5.76 Å². The number of aryl methyl sites for hydroxylation is 1. The van der Waals surface area contributed by atoms with E-state index in [1.54, 1.807) is 19.1 Å². The Morgan fingerprint density at radius 3 is 2.75 bits per heavy atom. The highest BCUT2D eigenvalue weighted by Gasteiger charge is 2.24. The quantitative estimate of drug-likeness (QED) is 0.892. The van der Waals surface area contributed by atoms with Crippen LogP contribution < -0.4 is 16.6 Å². The van der Waals surface area contributed by atoms with E-state index in [2.05, 4.69) is 10.4 Å². The summed E-state index contributed by atoms with van der Waals surface area (Å²) in [6, 6.07) is 4.48. The molecule has 1 aliphatic rings. The largest absolute Gasteiger partial charge is 0.460 e. The molecule has 0 aromatic carbocycles. The van der Waals surface area contributed by atoms with E-state index < -0.39 is 11.6 Å². The standard InChI is InChI=1S/C17H22N4O3/c1-10-7-8-15(24-10)14-9-13(18)17(23)21(20-14)11(2)16(22)19-12-5-3-4-6-12/h7-9,11-12H,3-6,18H2,1-2H3,(H,19,22)/t11-/m1/s1. The molecule has 1 atom stereocenters. The van der Waals surface area contributed by atoms with Crippen LogP contribution in [0.15, 0.2) is 27.4 Å². The summed E-state index contributed by atoms with van der Waals surface area (Å²) in [6.45, 7) is 3.47. The van der Waals surface area contributed by atoms with Gasteiger partial charge in [-0.1, -0.05) is 12.8 Å². The molecule has 2 aromatic heterocycles. The molecule has 3 N–H and O–H groups in total. The minimum absolute atomic E-state index is 0.0366. The summed E-state index contributed by atoms with van der Waals surface area (Å²) in [4.78, 5) is 24.7. The zero-order chi connectivity index (χ0) is 17.3. The van der Waals surface area contributed by atoms with Crippen LogP contribution in [0.5, 0.6) is 0 Å². The van der Waals surface area contributed by atoms with Crippen LogP contribution >= 0.6 is 0 Å². The second-order valence-electron chi connectivity index (χ2n) is 6.31. The normalized spacial score (nSPS) is 16.2. The number of anilines is 1. The lowest BCUT2D eigenvalue weighted by Crippen LogP contribution is -2.41. The predicted molar refractivity (Wildman–Crippen MR) is 90.5 cm³/mol. The molecule has 2 aromatic rings. The molecule has 0 radical (unpaired) electrons. The number of amides is 1. The third-order valence-corrected chi connectivity index (χ3v) is 4.40. The van der Waals surface area contributed by atoms with Crippen LogP contribution in [0, 0.1) is 6.92 Å². The summed E-state index contributed by atoms with van der Waals surface area (Å²) in [7, 11) is 0. The maximum Gasteiger partial charge on any atom is 0.290 e. The molecular formula is C17H22N4O3. The third-order valence-electron chi connectivity index (χ3n) is 4.40. The van der Waals surface area contributed by atoms with Gasteiger partial charge in [-0.15, -0.1) is 0 Å². The van der Waals surface area contributed by atoms with E-state index in [4.69, 9.17) is 10.2 Å². The number of rotatable bonds is 4. The van der Waals surface area contributed by atoms with Crippen LogP contribution in [0.4, 0.5) is 5.69 Å². The Kier molecular flexibility index (Phi) is 4.42. The van der Waals surface area contributed by atoms with Crippen LogP contribution in [0.2, 0.25) is 0 Å². The van der Waals surface area contributed by atoms with Gasteiger partial charge >= 0.3 is 0 Å². The summed E-state index contributed by atoms with van der Waals surface area (Å²) in [5, 5.41) is 7.27. The highest BCUT2D eigenvalue weighted by molar-refractivity contribution is 5.80. The van der Waals surface area contributed by atoms with Gasteiger partial charge in [0, 0.05) is 6.04 Å². The molecule has 0 aliphatic heterocycles. The minimum atomic E-state index is -0.739. The molecule has 24 heavy (non-hydrogen) atoms. The van der Waals surface area contributed by atoms with E-state index in [0.29, 0.717) is 11.5 Å². The molecule has 7 heteroatoms. The first kappa shape index (κ1) is 16.3. The molecule has 1 amide bonds. The Labute approximate surface area is 139 Å². The Morgan fingerprint density at radius 1 is 1.42 bits per heavy atom. The zero-order valence-corrected chi connectivity index (χ0v) is 13.9. The summed E-state index contributed by atoms with van der Waals surface area (Å²) in [6.07, 6.45) is 4.21. The third kappa shape index (κ3) is 3.20. The van der Waals surface area contributed by atoms with Crippen LogP contribution in [-0.2, 0) is 4.79 Å². The van der Waals surface area contributed by atoms with Crippen LogP contribution in [0.3, 0.4) is 0 Å². The molecule has 3 rings (SSSR count). The Morgan fingerprint density at radius 2 is 2.12 bits per heavy atom. The first-order chi connectivity index (χ1) is 11.5. The van der Waals surface area contributed by atoms with Crippen molar-refractivity contribution in [3.63, 3.8) is 0 Å². The van der Waals surface area contributed by atoms with Crippen LogP contribution in [0.25, 0.3) is 11.5 Å². The highest BCUT2D eigenvalue weighted by Crippen LogP contribution is 2.21. The molecule has 0 spiro atoms. The van der Waals surface area contributed by atoms with Gasteiger partial charge in [-0.05, 0) is 44.9 Å². The lowest BCUT2D eigenvalue weighted by atomic mass is 10.2. The minimum Gasteiger partial charge on any atom is -0.460 e. The highest BCUT2D eigenvalue weighted by atomic mass is 16.3. The van der Waals surface area contributed by atoms with Crippen molar-refractivity contribution in [2.45, 2.75) is 51.6 Å². The van der Waals surface area contributed by atoms with Crippen LogP contribution in [-0.4, -0.2) is 21.7 Å². The number of carbonyl (C=O) groups excluding carboxylic acids is 1. The van der Waals surface area contributed by atoms with Gasteiger partial charge in [0.05, 0.1) is 0 Å². The average Bonchev–Trinajstić information content (AvgIpc) is 3.20. The van der Waals surface area contributed by atoms with E-state index in [0.717, 1.165) is 36.1 Å². The zero-order valence-electron chi connectivity index (χ0n) is 13.9. The lowest BCUT2D eigenvalue weighted by molar-refractivity contribution is -0.124. The maximum atomic E-state index is 12.4. The van der Waals surface area contributed by atoms with Crippen molar-refractivity contribution < 1.29 is 9.21 Å². The summed E-state index contributed by atoms with van der Waals surface area (Å²) >= 11 is 0. The number of hydrogen-bond donors (Lipinski definition) is 2. The topological polar surface area (TPSA) is 103 Å². The predicted octanol–water partition coefficient (Wildman–Crippen LogP) is 2.01. The molecule has 1 fully saturated rings. The van der Waals surface area contributed by atoms with Crippen LogP contribution in [0.1, 0.15) is 44.4 Å². The van der Waals surface area contributed by atoms with Gasteiger partial charge in [0.1, 0.15) is 23.2 Å². The number of nitrogens with zero attached hydrogens (tertiary/aromatic N) is 2. The number of nitrogen functional groups attached to an aromatic ring is 1. The smallest absolute Gasteiger partial charge is 0.290 e. The number of nitrogens with two attached hydrogens (primary N) is 1. The SMILES string of the molecule is Cc1ccc(-c2cc(N)c(=O)n([C@H](C)C(=O)NC3CCCC3)n2)o1. The molecule has 0 unspecified atom stereocenters. The fourth-order valence-electron chi connectivity index (χ4n) is 2.99. The Balaban J connectivity index is 1.89. The second-order valence-corrected chi connectivity index (χ2v) is 6.31. The van der Waals surface area contributed by atoms with E-state index in [1.807, 2.05) is 6.92 Å². The number of aromatic nitrogens is 2. The Hall–Kier alpha value is -2.57. The van der Waals surface area contributed by atoms with E-state index in [-0.39, 0.29) is 17.6 Å². The molecular weight excluding hydrogens is 308 g/mol. The molecule has 0 saturated heterocycles. The summed E-state index contributed by atoms with van der Waals surface area (Å²) in [5.41, 5.74) is 5.81. The van der Waals surface area contributed by atoms with Gasteiger partial charge in [-0.2, -0.15) is 5.10 Å². The molecule has 1 saturated carbocycles. The van der Waals surface area contributed by atoms with Crippen molar-refractivity contribution in [2.24, 2.45) is 0 Å². The number of furan rings is 1. The van der Waals surface area contributed by atoms with E-state index in [1.165, 1.54) is 6.07 Å². The summed E-state index contributed by atoms with van der Waals surface area (Å²) < 4.78 is 6.67. The molecule has 0 bridgehead atoms. The molecule has 1 aliphatic carbocycles. The fraction of sp³-hybridized carbons (Fsp3) is 0.471. The van der Waals surface area contributed by atoms with Gasteiger partial charge in [0.25, 0.3) is 5.56 Å². The summed E-state index contributed by atoms with van der Waals surface area (Å²) in [5.74, 6) is 1.02. The first-order valence-electron chi connectivity index (χ1n) is 8.22. The lowest BCUT2D eigenvalue weighted by Gasteiger charge is -2.18. The van der Waals surface area contributed by atoms with E-state index in [9.17, 15) is 9.59 Å². The Bertz CT molecular complexity index is 802. The number of nitrogens with one attached hydrogen (secondary N) is 1. The van der Waals surface area contributed by atoms with Crippen molar-refractivity contribution in [3.05, 3.63) is 34.3 Å². The van der Waals surface area contributed by atoms with Gasteiger partial charge in [-0.25, -0.2) is 4.68 Å². The molecule has 2 heterocycles. The second kappa shape index (κ2) is 6.51. The van der Waals surface area contributed by atoms with Crippen molar-refractivity contribution in [1.82, 2.24) is 15.1 Å².